The van der Waals surface area contributed by atoms with Crippen molar-refractivity contribution in [3.63, 3.8) is 0 Å². The van der Waals surface area contributed by atoms with Gasteiger partial charge in [0, 0.05) is 23.5 Å². The Kier molecular flexibility index (Phi) is 2.95. The summed E-state index contributed by atoms with van der Waals surface area (Å²) in [5.74, 6) is -0.440. The zero-order valence-electron chi connectivity index (χ0n) is 11.8. The summed E-state index contributed by atoms with van der Waals surface area (Å²) in [5.41, 5.74) is 2.20. The minimum Gasteiger partial charge on any atom is -0.277 e. The quantitative estimate of drug-likeness (QED) is 0.782. The Hall–Kier alpha value is -2.74. The molecule has 2 aromatic heterocycles. The highest BCUT2D eigenvalue weighted by Crippen LogP contribution is 2.40. The molecule has 0 radical (unpaired) electrons. The normalized spacial score (nSPS) is 13.5. The van der Waals surface area contributed by atoms with Gasteiger partial charge >= 0.3 is 0 Å². The van der Waals surface area contributed by atoms with E-state index < -0.39 is 15.8 Å². The van der Waals surface area contributed by atoms with Gasteiger partial charge < -0.3 is 0 Å². The van der Waals surface area contributed by atoms with Gasteiger partial charge in [-0.1, -0.05) is 0 Å². The van der Waals surface area contributed by atoms with Crippen molar-refractivity contribution in [3.8, 4) is 11.3 Å². The Morgan fingerprint density at radius 3 is 2.87 bits per heavy atom. The van der Waals surface area contributed by atoms with Crippen LogP contribution in [0, 0.1) is 5.82 Å². The number of anilines is 1. The number of fused-ring (bicyclic) bond motifs is 3. The van der Waals surface area contributed by atoms with E-state index >= 15 is 0 Å². The van der Waals surface area contributed by atoms with E-state index in [1.54, 1.807) is 12.3 Å². The monoisotopic (exact) mass is 330 g/mol. The molecular formula is C15H11FN4O2S. The SMILES string of the molecule is O=S(=O)(c1cccnc1)N1Cc2cn[nH]c2-c2cc(F)ccc21. The minimum atomic E-state index is -3.80. The number of nitrogens with one attached hydrogen (secondary N) is 1. The second-order valence-corrected chi connectivity index (χ2v) is 6.99. The molecule has 0 saturated heterocycles. The van der Waals surface area contributed by atoms with E-state index in [0.29, 0.717) is 22.5 Å². The molecule has 0 aliphatic carbocycles. The predicted octanol–water partition coefficient (Wildman–Crippen LogP) is 2.32. The van der Waals surface area contributed by atoms with Crippen LogP contribution in [0.2, 0.25) is 0 Å². The lowest BCUT2D eigenvalue weighted by molar-refractivity contribution is 0.589. The lowest BCUT2D eigenvalue weighted by Crippen LogP contribution is -2.33. The first-order valence-corrected chi connectivity index (χ1v) is 8.26. The van der Waals surface area contributed by atoms with Gasteiger partial charge in [0.2, 0.25) is 0 Å². The van der Waals surface area contributed by atoms with Crippen LogP contribution in [0.25, 0.3) is 11.3 Å². The van der Waals surface area contributed by atoms with E-state index in [2.05, 4.69) is 15.2 Å². The van der Waals surface area contributed by atoms with Crippen molar-refractivity contribution < 1.29 is 12.8 Å². The maximum absolute atomic E-state index is 13.6. The fourth-order valence-corrected chi connectivity index (χ4v) is 4.10. The van der Waals surface area contributed by atoms with Crippen LogP contribution in [0.4, 0.5) is 10.1 Å². The van der Waals surface area contributed by atoms with E-state index in [1.807, 2.05) is 0 Å². The van der Waals surface area contributed by atoms with Crippen molar-refractivity contribution in [2.75, 3.05) is 4.31 Å². The maximum atomic E-state index is 13.6. The number of pyridine rings is 1. The molecule has 1 aromatic carbocycles. The van der Waals surface area contributed by atoms with Gasteiger partial charge in [-0.2, -0.15) is 5.10 Å². The van der Waals surface area contributed by atoms with Crippen LogP contribution in [-0.2, 0) is 16.6 Å². The van der Waals surface area contributed by atoms with Crippen LogP contribution in [-0.4, -0.2) is 23.6 Å². The summed E-state index contributed by atoms with van der Waals surface area (Å²) >= 11 is 0. The van der Waals surface area contributed by atoms with Crippen LogP contribution in [0.5, 0.6) is 0 Å². The summed E-state index contributed by atoms with van der Waals surface area (Å²) in [6, 6.07) is 7.05. The topological polar surface area (TPSA) is 79.0 Å². The Balaban J connectivity index is 1.93. The van der Waals surface area contributed by atoms with Gasteiger partial charge in [-0.15, -0.1) is 0 Å². The van der Waals surface area contributed by atoms with E-state index in [0.717, 1.165) is 0 Å². The average Bonchev–Trinajstić information content (AvgIpc) is 3.03. The number of nitrogens with zero attached hydrogens (tertiary/aromatic N) is 3. The third-order valence-corrected chi connectivity index (χ3v) is 5.49. The predicted molar refractivity (Wildman–Crippen MR) is 81.6 cm³/mol. The molecule has 8 heteroatoms. The van der Waals surface area contributed by atoms with E-state index in [-0.39, 0.29) is 11.4 Å². The number of aromatic amines is 1. The molecule has 0 saturated carbocycles. The number of hydrogen-bond acceptors (Lipinski definition) is 4. The van der Waals surface area contributed by atoms with Crippen molar-refractivity contribution in [3.05, 3.63) is 60.3 Å². The standard InChI is InChI=1S/C15H11FN4O2S/c16-11-3-4-14-13(6-11)15-10(7-18-19-15)9-20(14)23(21,22)12-2-1-5-17-8-12/h1-8H,9H2,(H,18,19). The summed E-state index contributed by atoms with van der Waals surface area (Å²) in [6.07, 6.45) is 4.35. The molecule has 1 aliphatic heterocycles. The van der Waals surface area contributed by atoms with Crippen LogP contribution >= 0.6 is 0 Å². The van der Waals surface area contributed by atoms with Gasteiger partial charge in [-0.25, -0.2) is 12.8 Å². The molecule has 3 heterocycles. The Labute approximate surface area is 131 Å². The van der Waals surface area contributed by atoms with Crippen molar-refractivity contribution in [2.24, 2.45) is 0 Å². The van der Waals surface area contributed by atoms with Gasteiger partial charge in [0.1, 0.15) is 10.7 Å². The van der Waals surface area contributed by atoms with Crippen LogP contribution < -0.4 is 4.31 Å². The van der Waals surface area contributed by atoms with Gasteiger partial charge in [-0.05, 0) is 30.3 Å². The third-order valence-electron chi connectivity index (χ3n) is 3.75. The number of rotatable bonds is 2. The number of halogens is 1. The molecule has 0 unspecified atom stereocenters. The Morgan fingerprint density at radius 2 is 2.09 bits per heavy atom. The summed E-state index contributed by atoms with van der Waals surface area (Å²) < 4.78 is 40.7. The van der Waals surface area contributed by atoms with Crippen LogP contribution in [0.15, 0.2) is 53.8 Å². The van der Waals surface area contributed by atoms with Crippen LogP contribution in [0.1, 0.15) is 5.56 Å². The lowest BCUT2D eigenvalue weighted by atomic mass is 10.0. The number of sulfonamides is 1. The van der Waals surface area contributed by atoms with Crippen molar-refractivity contribution in [2.45, 2.75) is 11.4 Å². The maximum Gasteiger partial charge on any atom is 0.266 e. The first-order valence-electron chi connectivity index (χ1n) is 6.82. The van der Waals surface area contributed by atoms with Gasteiger partial charge in [0.15, 0.2) is 0 Å². The molecule has 116 valence electrons. The van der Waals surface area contributed by atoms with Gasteiger partial charge in [-0.3, -0.25) is 14.4 Å². The lowest BCUT2D eigenvalue weighted by Gasteiger charge is -2.30. The smallest absolute Gasteiger partial charge is 0.266 e. The average molecular weight is 330 g/mol. The molecule has 1 aliphatic rings. The fourth-order valence-electron chi connectivity index (χ4n) is 2.67. The third kappa shape index (κ3) is 2.10. The zero-order valence-corrected chi connectivity index (χ0v) is 12.6. The first-order chi connectivity index (χ1) is 11.1. The highest BCUT2D eigenvalue weighted by molar-refractivity contribution is 7.92. The molecule has 0 amide bonds. The Morgan fingerprint density at radius 1 is 1.22 bits per heavy atom. The molecule has 0 spiro atoms. The molecule has 0 bridgehead atoms. The molecule has 4 rings (SSSR count). The summed E-state index contributed by atoms with van der Waals surface area (Å²) in [5, 5.41) is 6.74. The molecule has 3 aromatic rings. The van der Waals surface area contributed by atoms with E-state index in [1.165, 1.54) is 41.0 Å². The van der Waals surface area contributed by atoms with Crippen molar-refractivity contribution >= 4 is 15.7 Å². The largest absolute Gasteiger partial charge is 0.277 e. The minimum absolute atomic E-state index is 0.0854. The second kappa shape index (κ2) is 4.88. The zero-order chi connectivity index (χ0) is 16.0. The highest BCUT2D eigenvalue weighted by atomic mass is 32.2. The summed E-state index contributed by atoms with van der Waals surface area (Å²) in [4.78, 5) is 3.95. The number of benzene rings is 1. The number of aromatic nitrogens is 3. The molecule has 0 atom stereocenters. The Bertz CT molecular complexity index is 986. The van der Waals surface area contributed by atoms with E-state index in [4.69, 9.17) is 0 Å². The van der Waals surface area contributed by atoms with E-state index in [9.17, 15) is 12.8 Å². The summed E-state index contributed by atoms with van der Waals surface area (Å²) in [7, 11) is -3.80. The second-order valence-electron chi connectivity index (χ2n) is 5.13. The summed E-state index contributed by atoms with van der Waals surface area (Å²) in [6.45, 7) is 0.127. The molecular weight excluding hydrogens is 319 g/mol. The number of hydrogen-bond donors (Lipinski definition) is 1. The van der Waals surface area contributed by atoms with Crippen LogP contribution in [0.3, 0.4) is 0 Å². The fraction of sp³-hybridized carbons (Fsp3) is 0.0667. The van der Waals surface area contributed by atoms with Crippen molar-refractivity contribution in [1.82, 2.24) is 15.2 Å². The molecule has 23 heavy (non-hydrogen) atoms. The molecule has 6 nitrogen and oxygen atoms in total. The molecule has 0 fully saturated rings. The first kappa shape index (κ1) is 13.9. The van der Waals surface area contributed by atoms with Gasteiger partial charge in [0.25, 0.3) is 10.0 Å². The number of H-pyrrole nitrogens is 1. The van der Waals surface area contributed by atoms with Crippen molar-refractivity contribution in [1.29, 1.82) is 0 Å². The molecule has 1 N–H and O–H groups in total. The highest BCUT2D eigenvalue weighted by Gasteiger charge is 2.33. The van der Waals surface area contributed by atoms with Gasteiger partial charge in [0.05, 0.1) is 24.1 Å².